The van der Waals surface area contributed by atoms with Crippen molar-refractivity contribution >= 4 is 11.6 Å². The Bertz CT molecular complexity index is 463. The van der Waals surface area contributed by atoms with E-state index in [2.05, 4.69) is 12.2 Å². The van der Waals surface area contributed by atoms with Crippen LogP contribution in [-0.2, 0) is 11.3 Å². The van der Waals surface area contributed by atoms with Crippen LogP contribution in [-0.4, -0.2) is 17.4 Å². The summed E-state index contributed by atoms with van der Waals surface area (Å²) < 4.78 is 0. The van der Waals surface area contributed by atoms with Crippen LogP contribution in [0.4, 0.5) is 5.69 Å². The van der Waals surface area contributed by atoms with E-state index in [1.165, 1.54) is 12.1 Å². The average Bonchev–Trinajstić information content (AvgIpc) is 2.43. The number of benzene rings is 1. The highest BCUT2D eigenvalue weighted by Crippen LogP contribution is 2.13. The first-order valence-corrected chi connectivity index (χ1v) is 6.73. The van der Waals surface area contributed by atoms with Crippen molar-refractivity contribution in [3.63, 3.8) is 0 Å². The van der Waals surface area contributed by atoms with E-state index in [0.717, 1.165) is 18.4 Å². The highest BCUT2D eigenvalue weighted by molar-refractivity contribution is 5.75. The van der Waals surface area contributed by atoms with E-state index < -0.39 is 4.92 Å². The molecule has 6 nitrogen and oxygen atoms in total. The number of nitro benzene ring substituents is 1. The Hall–Kier alpha value is -1.95. The molecule has 0 saturated heterocycles. The number of hydrogen-bond donors (Lipinski definition) is 2. The first-order valence-electron chi connectivity index (χ1n) is 6.73. The van der Waals surface area contributed by atoms with Crippen LogP contribution in [0.1, 0.15) is 31.7 Å². The summed E-state index contributed by atoms with van der Waals surface area (Å²) in [5, 5.41) is 13.4. The van der Waals surface area contributed by atoms with Gasteiger partial charge in [0.25, 0.3) is 5.69 Å². The fourth-order valence-electron chi connectivity index (χ4n) is 1.88. The summed E-state index contributed by atoms with van der Waals surface area (Å²) >= 11 is 0. The van der Waals surface area contributed by atoms with Gasteiger partial charge in [-0.25, -0.2) is 0 Å². The summed E-state index contributed by atoms with van der Waals surface area (Å²) in [5.41, 5.74) is 6.21. The minimum Gasteiger partial charge on any atom is -0.352 e. The van der Waals surface area contributed by atoms with Gasteiger partial charge in [0.05, 0.1) is 4.92 Å². The van der Waals surface area contributed by atoms with Gasteiger partial charge in [-0.05, 0) is 30.9 Å². The Labute approximate surface area is 118 Å². The molecule has 20 heavy (non-hydrogen) atoms. The molecule has 0 spiro atoms. The third-order valence-electron chi connectivity index (χ3n) is 3.13. The molecule has 0 aliphatic carbocycles. The summed E-state index contributed by atoms with van der Waals surface area (Å²) in [6.45, 7) is 3.02. The molecule has 0 heterocycles. The van der Waals surface area contributed by atoms with Crippen molar-refractivity contribution in [1.29, 1.82) is 0 Å². The van der Waals surface area contributed by atoms with Gasteiger partial charge in [-0.15, -0.1) is 0 Å². The summed E-state index contributed by atoms with van der Waals surface area (Å²) in [6, 6.07) is 6.27. The Morgan fingerprint density at radius 3 is 2.85 bits per heavy atom. The SMILES string of the molecule is CC(CCN)CCC(=O)NCc1cccc([N+](=O)[O-])c1. The highest BCUT2D eigenvalue weighted by atomic mass is 16.6. The minimum absolute atomic E-state index is 0.0355. The molecule has 0 radical (unpaired) electrons. The van der Waals surface area contributed by atoms with Crippen LogP contribution in [0.25, 0.3) is 0 Å². The highest BCUT2D eigenvalue weighted by Gasteiger charge is 2.08. The van der Waals surface area contributed by atoms with Crippen LogP contribution >= 0.6 is 0 Å². The molecule has 0 aliphatic rings. The Morgan fingerprint density at radius 1 is 1.45 bits per heavy atom. The number of carbonyl (C=O) groups is 1. The number of nitro groups is 1. The number of rotatable bonds is 8. The number of non-ortho nitro benzene ring substituents is 1. The molecule has 0 aliphatic heterocycles. The van der Waals surface area contributed by atoms with Gasteiger partial charge in [-0.3, -0.25) is 14.9 Å². The van der Waals surface area contributed by atoms with E-state index in [1.54, 1.807) is 12.1 Å². The molecule has 1 aromatic rings. The maximum atomic E-state index is 11.7. The van der Waals surface area contributed by atoms with Crippen molar-refractivity contribution in [3.05, 3.63) is 39.9 Å². The van der Waals surface area contributed by atoms with Crippen LogP contribution in [0, 0.1) is 16.0 Å². The standard InChI is InChI=1S/C14H21N3O3/c1-11(7-8-15)5-6-14(18)16-10-12-3-2-4-13(9-12)17(19)20/h2-4,9,11H,5-8,10,15H2,1H3,(H,16,18). The van der Waals surface area contributed by atoms with E-state index in [0.29, 0.717) is 25.4 Å². The van der Waals surface area contributed by atoms with Gasteiger partial charge in [0.2, 0.25) is 5.91 Å². The van der Waals surface area contributed by atoms with E-state index >= 15 is 0 Å². The number of carbonyl (C=O) groups excluding carboxylic acids is 1. The maximum absolute atomic E-state index is 11.7. The molecule has 3 N–H and O–H groups in total. The molecular weight excluding hydrogens is 258 g/mol. The summed E-state index contributed by atoms with van der Waals surface area (Å²) in [5.74, 6) is 0.393. The molecule has 0 bridgehead atoms. The largest absolute Gasteiger partial charge is 0.352 e. The second-order valence-corrected chi connectivity index (χ2v) is 4.92. The monoisotopic (exact) mass is 279 g/mol. The van der Waals surface area contributed by atoms with Crippen molar-refractivity contribution < 1.29 is 9.72 Å². The molecule has 1 atom stereocenters. The van der Waals surface area contributed by atoms with Gasteiger partial charge in [0, 0.05) is 25.1 Å². The molecule has 1 rings (SSSR count). The van der Waals surface area contributed by atoms with Crippen molar-refractivity contribution in [3.8, 4) is 0 Å². The average molecular weight is 279 g/mol. The zero-order chi connectivity index (χ0) is 15.0. The van der Waals surface area contributed by atoms with Gasteiger partial charge in [0.15, 0.2) is 0 Å². The number of hydrogen-bond acceptors (Lipinski definition) is 4. The molecule has 0 fully saturated rings. The Kier molecular flexibility index (Phi) is 6.66. The first kappa shape index (κ1) is 16.1. The topological polar surface area (TPSA) is 98.3 Å². The molecule has 1 unspecified atom stereocenters. The normalized spacial score (nSPS) is 11.9. The van der Waals surface area contributed by atoms with E-state index in [1.807, 2.05) is 0 Å². The van der Waals surface area contributed by atoms with Crippen molar-refractivity contribution in [2.45, 2.75) is 32.7 Å². The summed E-state index contributed by atoms with van der Waals surface area (Å²) in [4.78, 5) is 21.9. The summed E-state index contributed by atoms with van der Waals surface area (Å²) in [7, 11) is 0. The second-order valence-electron chi connectivity index (χ2n) is 4.92. The van der Waals surface area contributed by atoms with E-state index in [4.69, 9.17) is 5.73 Å². The molecule has 1 aromatic carbocycles. The van der Waals surface area contributed by atoms with Crippen LogP contribution in [0.15, 0.2) is 24.3 Å². The molecule has 6 heteroatoms. The Balaban J connectivity index is 2.37. The van der Waals surface area contributed by atoms with Crippen molar-refractivity contribution in [2.75, 3.05) is 6.54 Å². The first-order chi connectivity index (χ1) is 9.52. The van der Waals surface area contributed by atoms with Crippen molar-refractivity contribution in [1.82, 2.24) is 5.32 Å². The fourth-order valence-corrected chi connectivity index (χ4v) is 1.88. The number of amides is 1. The second kappa shape index (κ2) is 8.27. The maximum Gasteiger partial charge on any atom is 0.269 e. The minimum atomic E-state index is -0.445. The predicted octanol–water partition coefficient (Wildman–Crippen LogP) is 1.98. The van der Waals surface area contributed by atoms with Crippen LogP contribution in [0.3, 0.4) is 0 Å². The Morgan fingerprint density at radius 2 is 2.20 bits per heavy atom. The smallest absolute Gasteiger partial charge is 0.269 e. The quantitative estimate of drug-likeness (QED) is 0.561. The fraction of sp³-hybridized carbons (Fsp3) is 0.500. The predicted molar refractivity (Wildman–Crippen MR) is 77.0 cm³/mol. The van der Waals surface area contributed by atoms with Gasteiger partial charge in [-0.1, -0.05) is 19.1 Å². The molecular formula is C14H21N3O3. The lowest BCUT2D eigenvalue weighted by molar-refractivity contribution is -0.384. The van der Waals surface area contributed by atoms with Crippen molar-refractivity contribution in [2.24, 2.45) is 11.7 Å². The molecule has 0 aromatic heterocycles. The number of nitrogens with two attached hydrogens (primary N) is 1. The number of nitrogens with zero attached hydrogens (tertiary/aromatic N) is 1. The number of nitrogens with one attached hydrogen (secondary N) is 1. The van der Waals surface area contributed by atoms with Gasteiger partial charge < -0.3 is 11.1 Å². The van der Waals surface area contributed by atoms with E-state index in [-0.39, 0.29) is 11.6 Å². The molecule has 110 valence electrons. The zero-order valence-corrected chi connectivity index (χ0v) is 11.7. The zero-order valence-electron chi connectivity index (χ0n) is 11.7. The lowest BCUT2D eigenvalue weighted by Gasteiger charge is -2.10. The van der Waals surface area contributed by atoms with Crippen LogP contribution in [0.5, 0.6) is 0 Å². The molecule has 1 amide bonds. The van der Waals surface area contributed by atoms with Gasteiger partial charge >= 0.3 is 0 Å². The van der Waals surface area contributed by atoms with Gasteiger partial charge in [-0.2, -0.15) is 0 Å². The van der Waals surface area contributed by atoms with Crippen LogP contribution in [0.2, 0.25) is 0 Å². The lowest BCUT2D eigenvalue weighted by Crippen LogP contribution is -2.23. The third kappa shape index (κ3) is 5.79. The third-order valence-corrected chi connectivity index (χ3v) is 3.13. The van der Waals surface area contributed by atoms with Gasteiger partial charge in [0.1, 0.15) is 0 Å². The van der Waals surface area contributed by atoms with Crippen LogP contribution < -0.4 is 11.1 Å². The molecule has 0 saturated carbocycles. The lowest BCUT2D eigenvalue weighted by atomic mass is 10.0. The summed E-state index contributed by atoms with van der Waals surface area (Å²) in [6.07, 6.45) is 2.17. The van der Waals surface area contributed by atoms with E-state index in [9.17, 15) is 14.9 Å².